The van der Waals surface area contributed by atoms with Crippen LogP contribution in [0, 0.1) is 20.8 Å². The summed E-state index contributed by atoms with van der Waals surface area (Å²) < 4.78 is 0. The normalized spacial score (nSPS) is 10.3. The minimum absolute atomic E-state index is 0.107. The van der Waals surface area contributed by atoms with Gasteiger partial charge >= 0.3 is 0 Å². The summed E-state index contributed by atoms with van der Waals surface area (Å²) >= 11 is 1.34. The standard InChI is InChI=1S/C19H23N3O3S/c1-12-9-13(2)18(14(3)10-12)22-17(24)11-21-16(23)6-7-20-19(25)15-5-4-8-26-15/h4-5,8-10H,6-7,11H2,1-3H3,(H,20,25)(H,21,23)(H,22,24). The van der Waals surface area contributed by atoms with E-state index in [1.54, 1.807) is 12.1 Å². The Kier molecular flexibility index (Phi) is 6.91. The zero-order chi connectivity index (χ0) is 19.1. The molecule has 0 aliphatic rings. The summed E-state index contributed by atoms with van der Waals surface area (Å²) in [4.78, 5) is 36.2. The lowest BCUT2D eigenvalue weighted by Crippen LogP contribution is -2.35. The molecule has 0 bridgehead atoms. The Balaban J connectivity index is 1.72. The molecule has 0 atom stereocenters. The van der Waals surface area contributed by atoms with Crippen LogP contribution in [-0.2, 0) is 9.59 Å². The van der Waals surface area contributed by atoms with E-state index in [1.807, 2.05) is 38.3 Å². The number of carbonyl (C=O) groups is 3. The highest BCUT2D eigenvalue weighted by Gasteiger charge is 2.11. The summed E-state index contributed by atoms with van der Waals surface area (Å²) in [6.07, 6.45) is 0.118. The van der Waals surface area contributed by atoms with Crippen LogP contribution in [0.4, 0.5) is 5.69 Å². The van der Waals surface area contributed by atoms with Crippen LogP contribution in [0.2, 0.25) is 0 Å². The molecule has 26 heavy (non-hydrogen) atoms. The van der Waals surface area contributed by atoms with Crippen molar-refractivity contribution in [3.8, 4) is 0 Å². The summed E-state index contributed by atoms with van der Waals surface area (Å²) in [5.41, 5.74) is 3.88. The van der Waals surface area contributed by atoms with Gasteiger partial charge in [-0.25, -0.2) is 0 Å². The number of nitrogens with one attached hydrogen (secondary N) is 3. The van der Waals surface area contributed by atoms with Crippen LogP contribution < -0.4 is 16.0 Å². The Morgan fingerprint density at radius 2 is 1.69 bits per heavy atom. The average Bonchev–Trinajstić information content (AvgIpc) is 3.11. The summed E-state index contributed by atoms with van der Waals surface area (Å²) in [5, 5.41) is 9.88. The highest BCUT2D eigenvalue weighted by Crippen LogP contribution is 2.21. The van der Waals surface area contributed by atoms with E-state index in [2.05, 4.69) is 16.0 Å². The summed E-state index contributed by atoms with van der Waals surface area (Å²) in [6, 6.07) is 7.51. The molecule has 6 nitrogen and oxygen atoms in total. The predicted molar refractivity (Wildman–Crippen MR) is 104 cm³/mol. The third-order valence-corrected chi connectivity index (χ3v) is 4.64. The zero-order valence-corrected chi connectivity index (χ0v) is 16.0. The molecule has 0 saturated carbocycles. The van der Waals surface area contributed by atoms with Crippen LogP contribution in [0.15, 0.2) is 29.6 Å². The summed E-state index contributed by atoms with van der Waals surface area (Å²) in [6.45, 7) is 5.99. The van der Waals surface area contributed by atoms with Gasteiger partial charge in [0.25, 0.3) is 5.91 Å². The molecule has 0 saturated heterocycles. The van der Waals surface area contributed by atoms with E-state index in [-0.39, 0.29) is 37.2 Å². The van der Waals surface area contributed by atoms with Gasteiger partial charge in [-0.05, 0) is 43.3 Å². The van der Waals surface area contributed by atoms with Crippen molar-refractivity contribution in [2.45, 2.75) is 27.2 Å². The van der Waals surface area contributed by atoms with Gasteiger partial charge in [0.2, 0.25) is 11.8 Å². The maximum absolute atomic E-state index is 12.0. The molecule has 138 valence electrons. The van der Waals surface area contributed by atoms with Crippen molar-refractivity contribution < 1.29 is 14.4 Å². The molecular formula is C19H23N3O3S. The Morgan fingerprint density at radius 1 is 1.00 bits per heavy atom. The van der Waals surface area contributed by atoms with E-state index in [9.17, 15) is 14.4 Å². The van der Waals surface area contributed by atoms with E-state index in [0.717, 1.165) is 22.4 Å². The number of anilines is 1. The lowest BCUT2D eigenvalue weighted by atomic mass is 10.1. The minimum atomic E-state index is -0.288. The Bertz CT molecular complexity index is 777. The van der Waals surface area contributed by atoms with Crippen molar-refractivity contribution in [1.29, 1.82) is 0 Å². The smallest absolute Gasteiger partial charge is 0.261 e. The molecule has 3 N–H and O–H groups in total. The van der Waals surface area contributed by atoms with E-state index < -0.39 is 0 Å². The van der Waals surface area contributed by atoms with Crippen molar-refractivity contribution in [2.75, 3.05) is 18.4 Å². The minimum Gasteiger partial charge on any atom is -0.351 e. The van der Waals surface area contributed by atoms with E-state index in [1.165, 1.54) is 11.3 Å². The molecule has 0 aliphatic carbocycles. The maximum Gasteiger partial charge on any atom is 0.261 e. The van der Waals surface area contributed by atoms with E-state index in [0.29, 0.717) is 4.88 Å². The number of amides is 3. The highest BCUT2D eigenvalue weighted by molar-refractivity contribution is 7.12. The Hall–Kier alpha value is -2.67. The third kappa shape index (κ3) is 5.70. The van der Waals surface area contributed by atoms with Crippen molar-refractivity contribution in [2.24, 2.45) is 0 Å². The average molecular weight is 373 g/mol. The summed E-state index contributed by atoms with van der Waals surface area (Å²) in [7, 11) is 0. The van der Waals surface area contributed by atoms with Gasteiger partial charge in [-0.1, -0.05) is 23.8 Å². The van der Waals surface area contributed by atoms with Gasteiger partial charge in [-0.3, -0.25) is 14.4 Å². The van der Waals surface area contributed by atoms with Crippen LogP contribution >= 0.6 is 11.3 Å². The van der Waals surface area contributed by atoms with Crippen LogP contribution in [0.3, 0.4) is 0 Å². The Morgan fingerprint density at radius 3 is 2.31 bits per heavy atom. The molecule has 1 aromatic heterocycles. The molecule has 0 fully saturated rings. The predicted octanol–water partition coefficient (Wildman–Crippen LogP) is 2.55. The molecule has 3 amide bonds. The van der Waals surface area contributed by atoms with Crippen molar-refractivity contribution in [1.82, 2.24) is 10.6 Å². The van der Waals surface area contributed by atoms with Crippen LogP contribution in [0.5, 0.6) is 0 Å². The van der Waals surface area contributed by atoms with Crippen molar-refractivity contribution in [3.05, 3.63) is 51.2 Å². The third-order valence-electron chi connectivity index (χ3n) is 3.77. The lowest BCUT2D eigenvalue weighted by Gasteiger charge is -2.13. The first-order valence-corrected chi connectivity index (χ1v) is 9.21. The number of hydrogen-bond donors (Lipinski definition) is 3. The van der Waals surface area contributed by atoms with Gasteiger partial charge in [-0.15, -0.1) is 11.3 Å². The molecule has 1 heterocycles. The van der Waals surface area contributed by atoms with Gasteiger partial charge in [0, 0.05) is 18.7 Å². The first-order valence-electron chi connectivity index (χ1n) is 8.33. The molecule has 0 radical (unpaired) electrons. The van der Waals surface area contributed by atoms with Gasteiger partial charge < -0.3 is 16.0 Å². The number of carbonyl (C=O) groups excluding carboxylic acids is 3. The van der Waals surface area contributed by atoms with Crippen LogP contribution in [0.25, 0.3) is 0 Å². The quantitative estimate of drug-likeness (QED) is 0.697. The highest BCUT2D eigenvalue weighted by atomic mass is 32.1. The first kappa shape index (κ1) is 19.7. The molecule has 7 heteroatoms. The molecular weight excluding hydrogens is 350 g/mol. The monoisotopic (exact) mass is 373 g/mol. The largest absolute Gasteiger partial charge is 0.351 e. The van der Waals surface area contributed by atoms with E-state index >= 15 is 0 Å². The fraction of sp³-hybridized carbons (Fsp3) is 0.316. The van der Waals surface area contributed by atoms with Crippen molar-refractivity contribution in [3.63, 3.8) is 0 Å². The van der Waals surface area contributed by atoms with Gasteiger partial charge in [0.15, 0.2) is 0 Å². The second kappa shape index (κ2) is 9.15. The molecule has 0 spiro atoms. The van der Waals surface area contributed by atoms with E-state index in [4.69, 9.17) is 0 Å². The molecule has 2 rings (SSSR count). The number of aryl methyl sites for hydroxylation is 3. The zero-order valence-electron chi connectivity index (χ0n) is 15.1. The Labute approximate surface area is 157 Å². The fourth-order valence-corrected chi connectivity index (χ4v) is 3.25. The SMILES string of the molecule is Cc1cc(C)c(NC(=O)CNC(=O)CCNC(=O)c2cccs2)c(C)c1. The van der Waals surface area contributed by atoms with Gasteiger partial charge in [0.05, 0.1) is 11.4 Å². The second-order valence-electron chi connectivity index (χ2n) is 6.08. The molecule has 1 aromatic carbocycles. The number of thiophene rings is 1. The topological polar surface area (TPSA) is 87.3 Å². The number of benzene rings is 1. The number of rotatable bonds is 7. The maximum atomic E-state index is 12.0. The van der Waals surface area contributed by atoms with Crippen LogP contribution in [-0.4, -0.2) is 30.8 Å². The molecule has 0 unspecified atom stereocenters. The van der Waals surface area contributed by atoms with Crippen molar-refractivity contribution >= 4 is 34.7 Å². The van der Waals surface area contributed by atoms with Gasteiger partial charge in [-0.2, -0.15) is 0 Å². The molecule has 2 aromatic rings. The van der Waals surface area contributed by atoms with Gasteiger partial charge in [0.1, 0.15) is 0 Å². The fourth-order valence-electron chi connectivity index (χ4n) is 2.61. The second-order valence-corrected chi connectivity index (χ2v) is 7.03. The summed E-state index contributed by atoms with van der Waals surface area (Å²) in [5.74, 6) is -0.768. The first-order chi connectivity index (χ1) is 12.4. The number of hydrogen-bond acceptors (Lipinski definition) is 4. The van der Waals surface area contributed by atoms with Crippen LogP contribution in [0.1, 0.15) is 32.8 Å². The molecule has 0 aliphatic heterocycles. The lowest BCUT2D eigenvalue weighted by molar-refractivity contribution is -0.124.